The van der Waals surface area contributed by atoms with Crippen LogP contribution in [0.2, 0.25) is 0 Å². The van der Waals surface area contributed by atoms with E-state index in [0.717, 1.165) is 32.6 Å². The maximum atomic E-state index is 5.36. The van der Waals surface area contributed by atoms with E-state index in [4.69, 9.17) is 14.7 Å². The topological polar surface area (TPSA) is 60.2 Å². The lowest BCUT2D eigenvalue weighted by molar-refractivity contribution is 0.0827. The van der Waals surface area contributed by atoms with Crippen molar-refractivity contribution in [1.82, 2.24) is 15.1 Å². The lowest BCUT2D eigenvalue weighted by atomic mass is 10.1. The maximum Gasteiger partial charge on any atom is 0.156 e. The summed E-state index contributed by atoms with van der Waals surface area (Å²) in [7, 11) is 1.65. The van der Waals surface area contributed by atoms with E-state index in [0.29, 0.717) is 19.0 Å². The van der Waals surface area contributed by atoms with Crippen LogP contribution in [-0.4, -0.2) is 35.7 Å². The van der Waals surface area contributed by atoms with Gasteiger partial charge >= 0.3 is 0 Å². The number of hydrogen-bond acceptors (Lipinski definition) is 5. The van der Waals surface area contributed by atoms with Crippen molar-refractivity contribution in [2.45, 2.75) is 0 Å². The summed E-state index contributed by atoms with van der Waals surface area (Å²) in [6.45, 7) is 1.18. The molecule has 0 aliphatic carbocycles. The van der Waals surface area contributed by atoms with Crippen molar-refractivity contribution in [2.75, 3.05) is 20.3 Å². The fourth-order valence-corrected chi connectivity index (χ4v) is 3.02. The van der Waals surface area contributed by atoms with Crippen molar-refractivity contribution in [2.24, 2.45) is 4.99 Å². The summed E-state index contributed by atoms with van der Waals surface area (Å²) in [4.78, 5) is 9.92. The molecular formula is C17H15BrN4O2. The van der Waals surface area contributed by atoms with Crippen molar-refractivity contribution in [1.29, 1.82) is 0 Å². The van der Waals surface area contributed by atoms with E-state index < -0.39 is 0 Å². The molecule has 0 radical (unpaired) electrons. The van der Waals surface area contributed by atoms with E-state index in [-0.39, 0.29) is 0 Å². The Kier molecular flexibility index (Phi) is 3.95. The number of methoxy groups -OCH3 is 1. The largest absolute Gasteiger partial charge is 0.497 e. The van der Waals surface area contributed by atoms with Gasteiger partial charge in [-0.05, 0) is 36.4 Å². The Hall–Kier alpha value is -2.38. The number of nitrogens with zero attached hydrogens (tertiary/aromatic N) is 3. The predicted molar refractivity (Wildman–Crippen MR) is 95.4 cm³/mol. The third-order valence-corrected chi connectivity index (χ3v) is 4.32. The smallest absolute Gasteiger partial charge is 0.156 e. The van der Waals surface area contributed by atoms with Crippen LogP contribution < -0.4 is 10.2 Å². The van der Waals surface area contributed by atoms with Gasteiger partial charge in [0.1, 0.15) is 11.4 Å². The van der Waals surface area contributed by atoms with Crippen molar-refractivity contribution in [3.8, 4) is 17.0 Å². The number of pyridine rings is 1. The minimum atomic E-state index is 0.560. The summed E-state index contributed by atoms with van der Waals surface area (Å²) < 4.78 is 8.07. The Morgan fingerprint density at radius 2 is 2.08 bits per heavy atom. The highest BCUT2D eigenvalue weighted by atomic mass is 79.9. The van der Waals surface area contributed by atoms with Gasteiger partial charge in [0.15, 0.2) is 5.84 Å². The lowest BCUT2D eigenvalue weighted by Crippen LogP contribution is -2.31. The molecule has 24 heavy (non-hydrogen) atoms. The number of hydrogen-bond donors (Lipinski definition) is 1. The first-order valence-corrected chi connectivity index (χ1v) is 8.30. The van der Waals surface area contributed by atoms with Crippen LogP contribution in [0.25, 0.3) is 16.8 Å². The van der Waals surface area contributed by atoms with Gasteiger partial charge in [-0.1, -0.05) is 15.9 Å². The van der Waals surface area contributed by atoms with Gasteiger partial charge in [-0.3, -0.25) is 9.83 Å². The minimum Gasteiger partial charge on any atom is -0.497 e. The molecule has 0 bridgehead atoms. The number of hydroxylamine groups is 1. The molecule has 1 aliphatic heterocycles. The molecule has 0 fully saturated rings. The number of amidine groups is 1. The molecule has 0 unspecified atom stereocenters. The third-order valence-electron chi connectivity index (χ3n) is 3.83. The SMILES string of the molecule is COc1ccc(-c2nn3ccc(Br)cc3c2C2=NCCON2)cc1. The Morgan fingerprint density at radius 3 is 2.79 bits per heavy atom. The second-order valence-corrected chi connectivity index (χ2v) is 6.22. The highest BCUT2D eigenvalue weighted by Gasteiger charge is 2.21. The molecule has 0 atom stereocenters. The molecule has 1 aliphatic rings. The fraction of sp³-hybridized carbons (Fsp3) is 0.176. The molecule has 0 saturated carbocycles. The normalized spacial score (nSPS) is 14.3. The first-order chi connectivity index (χ1) is 11.8. The van der Waals surface area contributed by atoms with Crippen LogP contribution in [0, 0.1) is 0 Å². The van der Waals surface area contributed by atoms with Crippen molar-refractivity contribution >= 4 is 27.3 Å². The molecule has 0 amide bonds. The number of aliphatic imine (C=N–C) groups is 1. The number of rotatable bonds is 3. The number of ether oxygens (including phenoxy) is 1. The number of fused-ring (bicyclic) bond motifs is 1. The summed E-state index contributed by atoms with van der Waals surface area (Å²) in [6, 6.07) is 11.8. The van der Waals surface area contributed by atoms with E-state index in [1.807, 2.05) is 47.1 Å². The number of benzene rings is 1. The van der Waals surface area contributed by atoms with Gasteiger partial charge in [0, 0.05) is 16.2 Å². The van der Waals surface area contributed by atoms with E-state index in [1.165, 1.54) is 0 Å². The molecule has 3 aromatic rings. The van der Waals surface area contributed by atoms with Gasteiger partial charge in [0.2, 0.25) is 0 Å². The molecule has 6 nitrogen and oxygen atoms in total. The zero-order valence-corrected chi connectivity index (χ0v) is 14.6. The first kappa shape index (κ1) is 15.2. The number of halogens is 1. The highest BCUT2D eigenvalue weighted by Crippen LogP contribution is 2.29. The Labute approximate surface area is 147 Å². The quantitative estimate of drug-likeness (QED) is 0.751. The predicted octanol–water partition coefficient (Wildman–Crippen LogP) is 3.05. The Bertz CT molecular complexity index is 918. The standard InChI is InChI=1S/C17H15BrN4O2/c1-23-13-4-2-11(3-5-13)16-15(17-19-7-9-24-21-17)14-10-12(18)6-8-22(14)20-16/h2-6,8,10H,7,9H2,1H3,(H,19,21). The zero-order chi connectivity index (χ0) is 16.5. The molecule has 3 heterocycles. The van der Waals surface area contributed by atoms with Gasteiger partial charge in [-0.2, -0.15) is 5.10 Å². The molecule has 2 aromatic heterocycles. The Morgan fingerprint density at radius 1 is 1.25 bits per heavy atom. The van der Waals surface area contributed by atoms with Crippen molar-refractivity contribution in [3.05, 3.63) is 52.6 Å². The minimum absolute atomic E-state index is 0.560. The molecule has 122 valence electrons. The monoisotopic (exact) mass is 386 g/mol. The van der Waals surface area contributed by atoms with E-state index in [2.05, 4.69) is 26.4 Å². The van der Waals surface area contributed by atoms with Crippen LogP contribution >= 0.6 is 15.9 Å². The molecule has 0 spiro atoms. The molecule has 1 N–H and O–H groups in total. The van der Waals surface area contributed by atoms with Gasteiger partial charge < -0.3 is 4.74 Å². The number of nitrogens with one attached hydrogen (secondary N) is 1. The third kappa shape index (κ3) is 2.65. The lowest BCUT2D eigenvalue weighted by Gasteiger charge is -2.15. The van der Waals surface area contributed by atoms with Gasteiger partial charge in [-0.25, -0.2) is 10.00 Å². The summed E-state index contributed by atoms with van der Waals surface area (Å²) in [6.07, 6.45) is 1.92. The molecule has 4 rings (SSSR count). The van der Waals surface area contributed by atoms with Crippen LogP contribution in [0.1, 0.15) is 5.56 Å². The molecular weight excluding hydrogens is 372 g/mol. The van der Waals surface area contributed by atoms with Gasteiger partial charge in [-0.15, -0.1) is 0 Å². The number of aromatic nitrogens is 2. The van der Waals surface area contributed by atoms with Crippen LogP contribution in [0.3, 0.4) is 0 Å². The van der Waals surface area contributed by atoms with E-state index in [1.54, 1.807) is 7.11 Å². The van der Waals surface area contributed by atoms with E-state index in [9.17, 15) is 0 Å². The van der Waals surface area contributed by atoms with E-state index >= 15 is 0 Å². The second kappa shape index (κ2) is 6.26. The molecule has 0 saturated heterocycles. The Balaban J connectivity index is 1.94. The average molecular weight is 387 g/mol. The summed E-state index contributed by atoms with van der Waals surface area (Å²) in [5.41, 5.74) is 6.62. The average Bonchev–Trinajstić information content (AvgIpc) is 3.01. The maximum absolute atomic E-state index is 5.36. The van der Waals surface area contributed by atoms with Crippen LogP contribution in [0.5, 0.6) is 5.75 Å². The van der Waals surface area contributed by atoms with Crippen LogP contribution in [-0.2, 0) is 4.84 Å². The van der Waals surface area contributed by atoms with Crippen LogP contribution in [0.4, 0.5) is 0 Å². The summed E-state index contributed by atoms with van der Waals surface area (Å²) >= 11 is 3.53. The highest BCUT2D eigenvalue weighted by molar-refractivity contribution is 9.10. The first-order valence-electron chi connectivity index (χ1n) is 7.51. The second-order valence-electron chi connectivity index (χ2n) is 5.31. The fourth-order valence-electron chi connectivity index (χ4n) is 2.69. The molecule has 1 aromatic carbocycles. The van der Waals surface area contributed by atoms with Gasteiger partial charge in [0.25, 0.3) is 0 Å². The summed E-state index contributed by atoms with van der Waals surface area (Å²) in [5, 5.41) is 4.73. The van der Waals surface area contributed by atoms with Crippen LogP contribution in [0.15, 0.2) is 52.1 Å². The van der Waals surface area contributed by atoms with Crippen molar-refractivity contribution in [3.63, 3.8) is 0 Å². The summed E-state index contributed by atoms with van der Waals surface area (Å²) in [5.74, 6) is 1.50. The molecule has 7 heteroatoms. The van der Waals surface area contributed by atoms with Crippen molar-refractivity contribution < 1.29 is 9.57 Å². The van der Waals surface area contributed by atoms with Gasteiger partial charge in [0.05, 0.1) is 31.3 Å². The zero-order valence-electron chi connectivity index (χ0n) is 13.0.